The third kappa shape index (κ3) is 3.10. The van der Waals surface area contributed by atoms with E-state index in [1.807, 2.05) is 24.3 Å². The van der Waals surface area contributed by atoms with Crippen LogP contribution in [0.5, 0.6) is 11.5 Å². The first-order valence-electron chi connectivity index (χ1n) is 12.1. The topological polar surface area (TPSA) is 62.2 Å². The van der Waals surface area contributed by atoms with Crippen LogP contribution in [0, 0.1) is 11.3 Å². The molecule has 34 heavy (non-hydrogen) atoms. The molecule has 4 unspecified atom stereocenters. The quantitative estimate of drug-likeness (QED) is 0.637. The van der Waals surface area contributed by atoms with Crippen molar-refractivity contribution in [3.8, 4) is 11.5 Å². The predicted octanol–water partition coefficient (Wildman–Crippen LogP) is 3.53. The Morgan fingerprint density at radius 2 is 2.00 bits per heavy atom. The third-order valence-corrected chi connectivity index (χ3v) is 9.06. The first-order chi connectivity index (χ1) is 16.0. The molecule has 2 aromatic carbocycles. The third-order valence-electron chi connectivity index (χ3n) is 9.06. The zero-order valence-electron chi connectivity index (χ0n) is 19.8. The average Bonchev–Trinajstić information content (AvgIpc) is 3.19. The maximum absolute atomic E-state index is 11.8. The van der Waals surface area contributed by atoms with E-state index in [2.05, 4.69) is 42.3 Å². The SMILES string of the molecule is COc1ccc2c3c1OC1[C@H](O)[C@@](/C=C/Cc4ccccc4)(CO)CC4C(C2)N(C)CCC341.Cl. The van der Waals surface area contributed by atoms with Crippen LogP contribution in [-0.2, 0) is 18.3 Å². The lowest BCUT2D eigenvalue weighted by molar-refractivity contribution is -0.159. The second kappa shape index (κ2) is 8.56. The van der Waals surface area contributed by atoms with Gasteiger partial charge in [-0.1, -0.05) is 48.6 Å². The maximum atomic E-state index is 11.8. The highest BCUT2D eigenvalue weighted by atomic mass is 35.5. The molecule has 6 atom stereocenters. The maximum Gasteiger partial charge on any atom is 0.165 e. The second-order valence-electron chi connectivity index (χ2n) is 10.5. The molecule has 2 heterocycles. The van der Waals surface area contributed by atoms with Crippen LogP contribution in [0.2, 0.25) is 0 Å². The van der Waals surface area contributed by atoms with Gasteiger partial charge >= 0.3 is 0 Å². The van der Waals surface area contributed by atoms with E-state index in [-0.39, 0.29) is 30.5 Å². The van der Waals surface area contributed by atoms with Crippen molar-refractivity contribution in [2.24, 2.45) is 11.3 Å². The number of aliphatic hydroxyl groups is 2. The van der Waals surface area contributed by atoms with Crippen LogP contribution in [0.4, 0.5) is 0 Å². The monoisotopic (exact) mass is 483 g/mol. The Morgan fingerprint density at radius 3 is 2.74 bits per heavy atom. The van der Waals surface area contributed by atoms with E-state index in [0.29, 0.717) is 12.0 Å². The number of benzene rings is 2. The van der Waals surface area contributed by atoms with Crippen LogP contribution < -0.4 is 9.47 Å². The van der Waals surface area contributed by atoms with Crippen LogP contribution in [0.15, 0.2) is 54.6 Å². The van der Waals surface area contributed by atoms with Crippen molar-refractivity contribution < 1.29 is 19.7 Å². The van der Waals surface area contributed by atoms with Gasteiger partial charge in [0.25, 0.3) is 0 Å². The molecule has 182 valence electrons. The number of hydrogen-bond acceptors (Lipinski definition) is 5. The molecule has 0 aromatic heterocycles. The summed E-state index contributed by atoms with van der Waals surface area (Å²) in [5.41, 5.74) is 2.86. The van der Waals surface area contributed by atoms with Crippen molar-refractivity contribution in [3.05, 3.63) is 71.3 Å². The Kier molecular flexibility index (Phi) is 5.96. The molecule has 5 nitrogen and oxygen atoms in total. The van der Waals surface area contributed by atoms with E-state index in [1.54, 1.807) is 7.11 Å². The number of methoxy groups -OCH3 is 1. The fourth-order valence-corrected chi connectivity index (χ4v) is 7.40. The second-order valence-corrected chi connectivity index (χ2v) is 10.5. The summed E-state index contributed by atoms with van der Waals surface area (Å²) in [6.45, 7) is 0.891. The number of piperidine rings is 1. The van der Waals surface area contributed by atoms with Crippen LogP contribution in [0.25, 0.3) is 0 Å². The minimum Gasteiger partial charge on any atom is -0.493 e. The van der Waals surface area contributed by atoms with Crippen molar-refractivity contribution in [2.45, 2.75) is 49.3 Å². The highest BCUT2D eigenvalue weighted by molar-refractivity contribution is 5.85. The molecule has 0 amide bonds. The lowest BCUT2D eigenvalue weighted by Gasteiger charge is -2.62. The lowest BCUT2D eigenvalue weighted by atomic mass is 9.47. The number of aliphatic hydroxyl groups excluding tert-OH is 2. The average molecular weight is 484 g/mol. The largest absolute Gasteiger partial charge is 0.493 e. The zero-order valence-corrected chi connectivity index (χ0v) is 20.6. The van der Waals surface area contributed by atoms with Crippen LogP contribution in [0.3, 0.4) is 0 Å². The molecule has 6 rings (SSSR count). The van der Waals surface area contributed by atoms with Gasteiger partial charge in [0.2, 0.25) is 0 Å². The molecule has 2 aliphatic carbocycles. The van der Waals surface area contributed by atoms with E-state index >= 15 is 0 Å². The lowest BCUT2D eigenvalue weighted by Crippen LogP contribution is -2.70. The molecular weight excluding hydrogens is 450 g/mol. The van der Waals surface area contributed by atoms with Gasteiger partial charge in [-0.15, -0.1) is 12.4 Å². The van der Waals surface area contributed by atoms with Crippen LogP contribution in [0.1, 0.15) is 29.5 Å². The molecule has 0 radical (unpaired) electrons. The fraction of sp³-hybridized carbons (Fsp3) is 0.500. The van der Waals surface area contributed by atoms with Crippen molar-refractivity contribution in [2.75, 3.05) is 27.3 Å². The highest BCUT2D eigenvalue weighted by Crippen LogP contribution is 2.66. The van der Waals surface area contributed by atoms with E-state index in [4.69, 9.17) is 9.47 Å². The van der Waals surface area contributed by atoms with Gasteiger partial charge in [0.15, 0.2) is 11.5 Å². The molecule has 6 heteroatoms. The molecule has 4 aliphatic rings. The summed E-state index contributed by atoms with van der Waals surface area (Å²) < 4.78 is 12.3. The van der Waals surface area contributed by atoms with Crippen LogP contribution in [-0.4, -0.2) is 60.7 Å². The van der Waals surface area contributed by atoms with E-state index < -0.39 is 11.5 Å². The molecule has 1 saturated heterocycles. The van der Waals surface area contributed by atoms with Gasteiger partial charge in [-0.3, -0.25) is 0 Å². The first-order valence-corrected chi connectivity index (χ1v) is 12.1. The van der Waals surface area contributed by atoms with Gasteiger partial charge in [0.1, 0.15) is 12.2 Å². The smallest absolute Gasteiger partial charge is 0.165 e. The van der Waals surface area contributed by atoms with Gasteiger partial charge < -0.3 is 24.6 Å². The van der Waals surface area contributed by atoms with E-state index in [0.717, 1.165) is 43.7 Å². The number of allylic oxidation sites excluding steroid dienone is 1. The van der Waals surface area contributed by atoms with Crippen molar-refractivity contribution in [1.82, 2.24) is 4.90 Å². The van der Waals surface area contributed by atoms with Crippen molar-refractivity contribution in [3.63, 3.8) is 0 Å². The summed E-state index contributed by atoms with van der Waals surface area (Å²) >= 11 is 0. The number of rotatable bonds is 5. The highest BCUT2D eigenvalue weighted by Gasteiger charge is 2.69. The van der Waals surface area contributed by atoms with E-state index in [1.165, 1.54) is 16.7 Å². The number of ether oxygens (including phenoxy) is 2. The van der Waals surface area contributed by atoms with Gasteiger partial charge in [-0.2, -0.15) is 0 Å². The Morgan fingerprint density at radius 1 is 1.21 bits per heavy atom. The summed E-state index contributed by atoms with van der Waals surface area (Å²) in [4.78, 5) is 2.48. The summed E-state index contributed by atoms with van der Waals surface area (Å²) in [6, 6.07) is 14.9. The fourth-order valence-electron chi connectivity index (χ4n) is 7.40. The number of hydrogen-bond donors (Lipinski definition) is 2. The molecule has 2 fully saturated rings. The number of likely N-dealkylation sites (tertiary alicyclic amines) is 1. The Bertz CT molecular complexity index is 1090. The molecular formula is C28H34ClNO4. The zero-order chi connectivity index (χ0) is 22.8. The number of likely N-dealkylation sites (N-methyl/N-ethyl adjacent to an activating group) is 1. The standard InChI is InChI=1S/C28H33NO4.ClH/c1-29-14-13-28-20-16-27(17-30,12-6-9-18-7-4-3-5-8-18)25(31)26(28)33-24-22(32-2)11-10-19(23(24)28)15-21(20)29;/h3-8,10-12,20-21,25-26,30-31H,9,13-17H2,1-2H3;1H/b12-6+;/t20?,21?,25-,26?,27+,28?;/m0./s1. The number of nitrogens with zero attached hydrogens (tertiary/aromatic N) is 1. The van der Waals surface area contributed by atoms with Gasteiger partial charge in [0, 0.05) is 22.4 Å². The first kappa shape index (κ1) is 23.7. The summed E-state index contributed by atoms with van der Waals surface area (Å²) in [5.74, 6) is 1.86. The molecule has 1 saturated carbocycles. The van der Waals surface area contributed by atoms with E-state index in [9.17, 15) is 10.2 Å². The predicted molar refractivity (Wildman–Crippen MR) is 134 cm³/mol. The Hall–Kier alpha value is -2.05. The van der Waals surface area contributed by atoms with Gasteiger partial charge in [-0.05, 0) is 62.4 Å². The van der Waals surface area contributed by atoms with Gasteiger partial charge in [0.05, 0.1) is 13.7 Å². The summed E-state index contributed by atoms with van der Waals surface area (Å²) in [7, 11) is 3.90. The van der Waals surface area contributed by atoms with Crippen LogP contribution >= 0.6 is 12.4 Å². The normalized spacial score (nSPS) is 35.4. The summed E-state index contributed by atoms with van der Waals surface area (Å²) in [5, 5.41) is 22.5. The van der Waals surface area contributed by atoms with Crippen molar-refractivity contribution in [1.29, 1.82) is 0 Å². The summed E-state index contributed by atoms with van der Waals surface area (Å²) in [6.07, 6.45) is 6.46. The Balaban J connectivity index is 0.00000241. The number of halogens is 1. The molecule has 2 aromatic rings. The molecule has 2 bridgehead atoms. The molecule has 2 aliphatic heterocycles. The minimum absolute atomic E-state index is 0. The van der Waals surface area contributed by atoms with Crippen molar-refractivity contribution >= 4 is 12.4 Å². The molecule has 2 N–H and O–H groups in total. The van der Waals surface area contributed by atoms with Gasteiger partial charge in [-0.25, -0.2) is 0 Å². The minimum atomic E-state index is -0.794. The molecule has 1 spiro atoms. The Labute approximate surface area is 207 Å².